The number of nitriles is 1. The van der Waals surface area contributed by atoms with Crippen molar-refractivity contribution in [1.82, 2.24) is 0 Å². The zero-order valence-electron chi connectivity index (χ0n) is 11.0. The van der Waals surface area contributed by atoms with Crippen molar-refractivity contribution in [2.45, 2.75) is 20.3 Å². The lowest BCUT2D eigenvalue weighted by molar-refractivity contribution is -0.384. The van der Waals surface area contributed by atoms with Gasteiger partial charge in [-0.05, 0) is 12.0 Å². The Kier molecular flexibility index (Phi) is 5.24. The molecule has 0 fully saturated rings. The predicted octanol–water partition coefficient (Wildman–Crippen LogP) is 3.11. The molecule has 0 spiro atoms. The molecule has 6 heteroatoms. The molecule has 0 unspecified atom stereocenters. The van der Waals surface area contributed by atoms with Crippen LogP contribution >= 0.6 is 0 Å². The highest BCUT2D eigenvalue weighted by atomic mass is 19.1. The van der Waals surface area contributed by atoms with Crippen molar-refractivity contribution in [2.24, 2.45) is 5.92 Å². The van der Waals surface area contributed by atoms with E-state index in [2.05, 4.69) is 0 Å². The molecule has 0 aromatic heterocycles. The highest BCUT2D eigenvalue weighted by Gasteiger charge is 2.20. The Labute approximate surface area is 111 Å². The van der Waals surface area contributed by atoms with Gasteiger partial charge in [-0.2, -0.15) is 5.26 Å². The molecule has 0 saturated heterocycles. The summed E-state index contributed by atoms with van der Waals surface area (Å²) in [4.78, 5) is 12.1. The van der Waals surface area contributed by atoms with Gasteiger partial charge in [-0.15, -0.1) is 0 Å². The van der Waals surface area contributed by atoms with Crippen LogP contribution < -0.4 is 4.90 Å². The first-order valence-electron chi connectivity index (χ1n) is 6.01. The fourth-order valence-corrected chi connectivity index (χ4v) is 1.84. The van der Waals surface area contributed by atoms with Gasteiger partial charge in [0.15, 0.2) is 0 Å². The summed E-state index contributed by atoms with van der Waals surface area (Å²) >= 11 is 0. The van der Waals surface area contributed by atoms with Crippen LogP contribution in [-0.4, -0.2) is 18.0 Å². The number of hydrogen-bond donors (Lipinski definition) is 0. The summed E-state index contributed by atoms with van der Waals surface area (Å²) in [5.74, 6) is -0.270. The third kappa shape index (κ3) is 4.21. The quantitative estimate of drug-likeness (QED) is 0.585. The minimum Gasteiger partial charge on any atom is -0.365 e. The molecule has 1 aromatic rings. The first-order chi connectivity index (χ1) is 8.95. The maximum atomic E-state index is 13.3. The van der Waals surface area contributed by atoms with E-state index in [9.17, 15) is 14.5 Å². The fourth-order valence-electron chi connectivity index (χ4n) is 1.84. The molecule has 0 radical (unpaired) electrons. The SMILES string of the molecule is CC(C)CN(CCC#N)c1cc(F)ccc1[N+](=O)[O-]. The van der Waals surface area contributed by atoms with Crippen molar-refractivity contribution in [3.63, 3.8) is 0 Å². The van der Waals surface area contributed by atoms with Crippen molar-refractivity contribution in [1.29, 1.82) is 5.26 Å². The Hall–Kier alpha value is -2.16. The Bertz CT molecular complexity index is 497. The molecule has 19 heavy (non-hydrogen) atoms. The topological polar surface area (TPSA) is 70.2 Å². The van der Waals surface area contributed by atoms with Gasteiger partial charge in [-0.3, -0.25) is 10.1 Å². The lowest BCUT2D eigenvalue weighted by atomic mass is 10.1. The standard InChI is InChI=1S/C13H16FN3O2/c1-10(2)9-16(7-3-6-15)13-8-11(14)4-5-12(13)17(18)19/h4-5,8,10H,3,7,9H2,1-2H3. The fraction of sp³-hybridized carbons (Fsp3) is 0.462. The second kappa shape index (κ2) is 6.69. The maximum Gasteiger partial charge on any atom is 0.292 e. The van der Waals surface area contributed by atoms with E-state index in [0.717, 1.165) is 18.2 Å². The van der Waals surface area contributed by atoms with Crippen LogP contribution in [0.3, 0.4) is 0 Å². The summed E-state index contributed by atoms with van der Waals surface area (Å²) in [5, 5.41) is 19.6. The Morgan fingerprint density at radius 2 is 2.21 bits per heavy atom. The van der Waals surface area contributed by atoms with Crippen LogP contribution in [0.4, 0.5) is 15.8 Å². The molecule has 0 bridgehead atoms. The second-order valence-electron chi connectivity index (χ2n) is 4.64. The first-order valence-corrected chi connectivity index (χ1v) is 6.01. The molecule has 0 saturated carbocycles. The summed E-state index contributed by atoms with van der Waals surface area (Å²) in [7, 11) is 0. The van der Waals surface area contributed by atoms with Crippen molar-refractivity contribution >= 4 is 11.4 Å². The van der Waals surface area contributed by atoms with Crippen molar-refractivity contribution in [3.8, 4) is 6.07 Å². The number of halogens is 1. The lowest BCUT2D eigenvalue weighted by Crippen LogP contribution is -2.29. The summed E-state index contributed by atoms with van der Waals surface area (Å²) in [6, 6.07) is 5.38. The van der Waals surface area contributed by atoms with Crippen molar-refractivity contribution in [2.75, 3.05) is 18.0 Å². The van der Waals surface area contributed by atoms with Crippen LogP contribution in [0.15, 0.2) is 18.2 Å². The Morgan fingerprint density at radius 1 is 1.53 bits per heavy atom. The van der Waals surface area contributed by atoms with Gasteiger partial charge in [0.2, 0.25) is 0 Å². The average Bonchev–Trinajstić information content (AvgIpc) is 2.33. The molecular formula is C13H16FN3O2. The van der Waals surface area contributed by atoms with E-state index < -0.39 is 10.7 Å². The molecule has 0 heterocycles. The van der Waals surface area contributed by atoms with Crippen molar-refractivity contribution < 1.29 is 9.31 Å². The van der Waals surface area contributed by atoms with Gasteiger partial charge in [0.05, 0.1) is 17.4 Å². The van der Waals surface area contributed by atoms with E-state index in [1.165, 1.54) is 0 Å². The summed E-state index contributed by atoms with van der Waals surface area (Å²) in [5.41, 5.74) is 0.0916. The number of hydrogen-bond acceptors (Lipinski definition) is 4. The molecule has 102 valence electrons. The smallest absolute Gasteiger partial charge is 0.292 e. The maximum absolute atomic E-state index is 13.3. The number of anilines is 1. The van der Waals surface area contributed by atoms with Crippen LogP contribution in [0, 0.1) is 33.2 Å². The van der Waals surface area contributed by atoms with Gasteiger partial charge in [-0.1, -0.05) is 13.8 Å². The molecule has 0 atom stereocenters. The molecule has 1 aromatic carbocycles. The summed E-state index contributed by atoms with van der Waals surface area (Å²) in [6.07, 6.45) is 0.236. The number of nitrogens with zero attached hydrogens (tertiary/aromatic N) is 3. The lowest BCUT2D eigenvalue weighted by Gasteiger charge is -2.25. The van der Waals surface area contributed by atoms with Gasteiger partial charge in [0, 0.05) is 25.2 Å². The van der Waals surface area contributed by atoms with Gasteiger partial charge >= 0.3 is 0 Å². The second-order valence-corrected chi connectivity index (χ2v) is 4.64. The third-order valence-corrected chi connectivity index (χ3v) is 2.55. The van der Waals surface area contributed by atoms with Gasteiger partial charge in [0.1, 0.15) is 11.5 Å². The monoisotopic (exact) mass is 265 g/mol. The molecular weight excluding hydrogens is 249 g/mol. The molecule has 0 amide bonds. The van der Waals surface area contributed by atoms with Gasteiger partial charge in [-0.25, -0.2) is 4.39 Å². The largest absolute Gasteiger partial charge is 0.365 e. The number of nitro groups is 1. The van der Waals surface area contributed by atoms with E-state index in [-0.39, 0.29) is 23.7 Å². The van der Waals surface area contributed by atoms with Crippen LogP contribution in [0.25, 0.3) is 0 Å². The normalized spacial score (nSPS) is 10.3. The Morgan fingerprint density at radius 3 is 2.74 bits per heavy atom. The third-order valence-electron chi connectivity index (χ3n) is 2.55. The Balaban J connectivity index is 3.15. The summed E-state index contributed by atoms with van der Waals surface area (Å²) < 4.78 is 13.3. The number of rotatable bonds is 6. The highest BCUT2D eigenvalue weighted by molar-refractivity contribution is 5.63. The summed E-state index contributed by atoms with van der Waals surface area (Å²) in [6.45, 7) is 4.81. The molecule has 1 rings (SSSR count). The minimum atomic E-state index is -0.533. The molecule has 0 aliphatic carbocycles. The van der Waals surface area contributed by atoms with Crippen LogP contribution in [0.2, 0.25) is 0 Å². The van der Waals surface area contributed by atoms with Crippen LogP contribution in [0.1, 0.15) is 20.3 Å². The van der Waals surface area contributed by atoms with Crippen LogP contribution in [0.5, 0.6) is 0 Å². The zero-order chi connectivity index (χ0) is 14.4. The van der Waals surface area contributed by atoms with E-state index in [1.807, 2.05) is 19.9 Å². The van der Waals surface area contributed by atoms with Crippen LogP contribution in [-0.2, 0) is 0 Å². The van der Waals surface area contributed by atoms with E-state index >= 15 is 0 Å². The molecule has 0 N–H and O–H groups in total. The van der Waals surface area contributed by atoms with E-state index in [4.69, 9.17) is 5.26 Å². The minimum absolute atomic E-state index is 0.139. The van der Waals surface area contributed by atoms with E-state index in [1.54, 1.807) is 4.90 Å². The van der Waals surface area contributed by atoms with Gasteiger partial charge in [0.25, 0.3) is 5.69 Å². The number of nitro benzene ring substituents is 1. The molecule has 5 nitrogen and oxygen atoms in total. The van der Waals surface area contributed by atoms with Gasteiger partial charge < -0.3 is 4.90 Å². The first kappa shape index (κ1) is 14.9. The van der Waals surface area contributed by atoms with Crippen molar-refractivity contribution in [3.05, 3.63) is 34.1 Å². The predicted molar refractivity (Wildman–Crippen MR) is 70.3 cm³/mol. The zero-order valence-corrected chi connectivity index (χ0v) is 11.0. The molecule has 0 aliphatic rings. The van der Waals surface area contributed by atoms with E-state index in [0.29, 0.717) is 13.1 Å². The average molecular weight is 265 g/mol. The number of benzene rings is 1. The molecule has 0 aliphatic heterocycles. The highest BCUT2D eigenvalue weighted by Crippen LogP contribution is 2.29.